The summed E-state index contributed by atoms with van der Waals surface area (Å²) in [5.74, 6) is 0.300. The number of carbonyl (C=O) groups is 2. The van der Waals surface area contributed by atoms with Gasteiger partial charge in [0.15, 0.2) is 11.5 Å². The number of ether oxygens (including phenoxy) is 3. The quantitative estimate of drug-likeness (QED) is 0.478. The highest BCUT2D eigenvalue weighted by atomic mass is 19.1. The number of likely N-dealkylation sites (tertiary alicyclic amines) is 1. The van der Waals surface area contributed by atoms with Crippen molar-refractivity contribution in [2.45, 2.75) is 25.0 Å². The summed E-state index contributed by atoms with van der Waals surface area (Å²) in [5, 5.41) is 3.05. The van der Waals surface area contributed by atoms with Gasteiger partial charge in [-0.1, -0.05) is 36.4 Å². The number of nitrogens with zero attached hydrogens (tertiary/aromatic N) is 1. The zero-order chi connectivity index (χ0) is 25.7. The van der Waals surface area contributed by atoms with Crippen molar-refractivity contribution in [1.29, 1.82) is 0 Å². The Morgan fingerprint density at radius 1 is 0.972 bits per heavy atom. The summed E-state index contributed by atoms with van der Waals surface area (Å²) in [4.78, 5) is 27.6. The third kappa shape index (κ3) is 5.49. The van der Waals surface area contributed by atoms with E-state index < -0.39 is 6.04 Å². The lowest BCUT2D eigenvalue weighted by Crippen LogP contribution is -2.37. The first-order valence-electron chi connectivity index (χ1n) is 11.6. The predicted octanol–water partition coefficient (Wildman–Crippen LogP) is 4.06. The SMILES string of the molecule is COC(=O)[C@@H]1C[C@@H](NC(=O)c2cccc(-c3ccc(F)cc3)c2)CN1Cc1cccc(OC)c1OC. The highest BCUT2D eigenvalue weighted by molar-refractivity contribution is 5.95. The van der Waals surface area contributed by atoms with Gasteiger partial charge in [-0.25, -0.2) is 4.39 Å². The Labute approximate surface area is 209 Å². The molecule has 0 spiro atoms. The molecule has 1 aliphatic rings. The average molecular weight is 493 g/mol. The van der Waals surface area contributed by atoms with Crippen LogP contribution in [-0.2, 0) is 16.1 Å². The molecule has 0 bridgehead atoms. The minimum atomic E-state index is -0.512. The van der Waals surface area contributed by atoms with Gasteiger partial charge in [0.2, 0.25) is 0 Å². The van der Waals surface area contributed by atoms with Crippen molar-refractivity contribution < 1.29 is 28.2 Å². The van der Waals surface area contributed by atoms with Crippen LogP contribution in [0.25, 0.3) is 11.1 Å². The first-order chi connectivity index (χ1) is 17.4. The van der Waals surface area contributed by atoms with E-state index in [2.05, 4.69) is 5.32 Å². The van der Waals surface area contributed by atoms with Gasteiger partial charge >= 0.3 is 5.97 Å². The number of esters is 1. The minimum Gasteiger partial charge on any atom is -0.493 e. The monoisotopic (exact) mass is 492 g/mol. The van der Waals surface area contributed by atoms with Gasteiger partial charge in [-0.15, -0.1) is 0 Å². The maximum absolute atomic E-state index is 13.3. The van der Waals surface area contributed by atoms with Crippen LogP contribution in [0.2, 0.25) is 0 Å². The summed E-state index contributed by atoms with van der Waals surface area (Å²) in [6.45, 7) is 0.885. The van der Waals surface area contributed by atoms with Crippen molar-refractivity contribution in [2.75, 3.05) is 27.9 Å². The molecule has 4 rings (SSSR count). The Morgan fingerprint density at radius 3 is 2.42 bits per heavy atom. The molecule has 2 atom stereocenters. The zero-order valence-electron chi connectivity index (χ0n) is 20.5. The number of amides is 1. The Hall–Kier alpha value is -3.91. The van der Waals surface area contributed by atoms with E-state index in [0.29, 0.717) is 36.6 Å². The molecule has 0 aromatic heterocycles. The van der Waals surface area contributed by atoms with Crippen LogP contribution < -0.4 is 14.8 Å². The molecule has 1 aliphatic heterocycles. The first kappa shape index (κ1) is 25.2. The van der Waals surface area contributed by atoms with E-state index >= 15 is 0 Å². The van der Waals surface area contributed by atoms with Gasteiger partial charge in [-0.3, -0.25) is 14.5 Å². The van der Waals surface area contributed by atoms with E-state index in [0.717, 1.165) is 16.7 Å². The number of carbonyl (C=O) groups excluding carboxylic acids is 2. The van der Waals surface area contributed by atoms with Crippen LogP contribution >= 0.6 is 0 Å². The summed E-state index contributed by atoms with van der Waals surface area (Å²) in [7, 11) is 4.51. The fourth-order valence-electron chi connectivity index (χ4n) is 4.61. The number of nitrogens with one attached hydrogen (secondary N) is 1. The smallest absolute Gasteiger partial charge is 0.323 e. The third-order valence-electron chi connectivity index (χ3n) is 6.37. The van der Waals surface area contributed by atoms with Crippen molar-refractivity contribution in [1.82, 2.24) is 10.2 Å². The fourth-order valence-corrected chi connectivity index (χ4v) is 4.61. The molecular formula is C28H29FN2O5. The van der Waals surface area contributed by atoms with Gasteiger partial charge < -0.3 is 19.5 Å². The minimum absolute atomic E-state index is 0.242. The number of benzene rings is 3. The molecule has 1 heterocycles. The predicted molar refractivity (Wildman–Crippen MR) is 133 cm³/mol. The fraction of sp³-hybridized carbons (Fsp3) is 0.286. The van der Waals surface area contributed by atoms with Crippen LogP contribution in [-0.4, -0.2) is 56.7 Å². The van der Waals surface area contributed by atoms with E-state index in [4.69, 9.17) is 14.2 Å². The number of para-hydroxylation sites is 1. The summed E-state index contributed by atoms with van der Waals surface area (Å²) in [5.41, 5.74) is 2.98. The molecule has 0 saturated carbocycles. The van der Waals surface area contributed by atoms with Crippen molar-refractivity contribution >= 4 is 11.9 Å². The molecular weight excluding hydrogens is 463 g/mol. The Morgan fingerprint density at radius 2 is 1.72 bits per heavy atom. The van der Waals surface area contributed by atoms with Crippen LogP contribution in [0.1, 0.15) is 22.3 Å². The molecule has 1 N–H and O–H groups in total. The highest BCUT2D eigenvalue weighted by Gasteiger charge is 2.38. The second-order valence-corrected chi connectivity index (χ2v) is 8.61. The number of rotatable bonds is 8. The number of hydrogen-bond acceptors (Lipinski definition) is 6. The number of hydrogen-bond donors (Lipinski definition) is 1. The van der Waals surface area contributed by atoms with Crippen molar-refractivity contribution in [2.24, 2.45) is 0 Å². The molecule has 1 amide bonds. The van der Waals surface area contributed by atoms with Crippen molar-refractivity contribution in [3.8, 4) is 22.6 Å². The summed E-state index contributed by atoms with van der Waals surface area (Å²) in [6.07, 6.45) is 0.419. The summed E-state index contributed by atoms with van der Waals surface area (Å²) in [6, 6.07) is 18.1. The van der Waals surface area contributed by atoms with E-state index in [9.17, 15) is 14.0 Å². The van der Waals surface area contributed by atoms with Gasteiger partial charge in [0.25, 0.3) is 5.91 Å². The second-order valence-electron chi connectivity index (χ2n) is 8.61. The molecule has 1 saturated heterocycles. The van der Waals surface area contributed by atoms with Gasteiger partial charge in [0, 0.05) is 30.3 Å². The van der Waals surface area contributed by atoms with Crippen LogP contribution in [0.5, 0.6) is 11.5 Å². The average Bonchev–Trinajstić information content (AvgIpc) is 3.30. The molecule has 188 valence electrons. The van der Waals surface area contributed by atoms with Crippen LogP contribution in [0.4, 0.5) is 4.39 Å². The Kier molecular flexibility index (Phi) is 7.85. The lowest BCUT2D eigenvalue weighted by atomic mass is 10.0. The van der Waals surface area contributed by atoms with Gasteiger partial charge in [0.1, 0.15) is 11.9 Å². The topological polar surface area (TPSA) is 77.1 Å². The lowest BCUT2D eigenvalue weighted by Gasteiger charge is -2.23. The highest BCUT2D eigenvalue weighted by Crippen LogP contribution is 2.33. The van der Waals surface area contributed by atoms with Crippen LogP contribution in [0.15, 0.2) is 66.7 Å². The largest absolute Gasteiger partial charge is 0.493 e. The van der Waals surface area contributed by atoms with E-state index in [1.165, 1.54) is 19.2 Å². The number of halogens is 1. The lowest BCUT2D eigenvalue weighted by molar-refractivity contribution is -0.146. The molecule has 0 aliphatic carbocycles. The molecule has 0 unspecified atom stereocenters. The maximum Gasteiger partial charge on any atom is 0.323 e. The standard InChI is InChI=1S/C28H29FN2O5/c1-34-25-9-5-8-21(26(25)35-2)16-31-17-23(15-24(31)28(33)36-3)30-27(32)20-7-4-6-19(14-20)18-10-12-22(29)13-11-18/h4-14,23-24H,15-17H2,1-3H3,(H,30,32)/t23-,24+/m1/s1. The molecule has 3 aromatic carbocycles. The molecule has 0 radical (unpaired) electrons. The van der Waals surface area contributed by atoms with Gasteiger partial charge in [-0.05, 0) is 47.9 Å². The zero-order valence-corrected chi connectivity index (χ0v) is 20.5. The molecule has 36 heavy (non-hydrogen) atoms. The van der Waals surface area contributed by atoms with E-state index in [1.807, 2.05) is 29.2 Å². The summed E-state index contributed by atoms with van der Waals surface area (Å²) < 4.78 is 29.3. The molecule has 1 fully saturated rings. The normalized spacial score (nSPS) is 17.4. The van der Waals surface area contributed by atoms with Crippen LogP contribution in [0, 0.1) is 5.82 Å². The third-order valence-corrected chi connectivity index (χ3v) is 6.37. The summed E-state index contributed by atoms with van der Waals surface area (Å²) >= 11 is 0. The molecule has 7 nitrogen and oxygen atoms in total. The van der Waals surface area contributed by atoms with Crippen molar-refractivity contribution in [3.05, 3.63) is 83.7 Å². The second kappa shape index (κ2) is 11.2. The Bertz CT molecular complexity index is 1230. The van der Waals surface area contributed by atoms with Crippen molar-refractivity contribution in [3.63, 3.8) is 0 Å². The molecule has 8 heteroatoms. The van der Waals surface area contributed by atoms with Gasteiger partial charge in [-0.2, -0.15) is 0 Å². The maximum atomic E-state index is 13.3. The first-order valence-corrected chi connectivity index (χ1v) is 11.6. The van der Waals surface area contributed by atoms with Crippen LogP contribution in [0.3, 0.4) is 0 Å². The molecule has 3 aromatic rings. The van der Waals surface area contributed by atoms with E-state index in [1.54, 1.807) is 44.6 Å². The van der Waals surface area contributed by atoms with Gasteiger partial charge in [0.05, 0.1) is 21.3 Å². The van der Waals surface area contributed by atoms with E-state index in [-0.39, 0.29) is 23.7 Å². The number of methoxy groups -OCH3 is 3. The Balaban J connectivity index is 1.50.